The maximum atomic E-state index is 10.5. The molecule has 0 bridgehead atoms. The van der Waals surface area contributed by atoms with Crippen molar-refractivity contribution in [3.63, 3.8) is 0 Å². The number of aryl methyl sites for hydroxylation is 1. The minimum absolute atomic E-state index is 0.113. The molecule has 0 saturated heterocycles. The van der Waals surface area contributed by atoms with Gasteiger partial charge in [0.2, 0.25) is 0 Å². The first-order valence-electron chi connectivity index (χ1n) is 6.86. The molecule has 0 fully saturated rings. The zero-order chi connectivity index (χ0) is 16.1. The number of thioether (sulfide) groups is 1. The number of ether oxygens (including phenoxy) is 1. The number of carbonyl (C=O) groups is 1. The Bertz CT molecular complexity index is 655. The van der Waals surface area contributed by atoms with E-state index in [1.807, 2.05) is 12.1 Å². The Balaban J connectivity index is 1.93. The summed E-state index contributed by atoms with van der Waals surface area (Å²) in [6.45, 7) is 6.51. The smallest absolute Gasteiger partial charge is 0.314 e. The fourth-order valence-electron chi connectivity index (χ4n) is 2.01. The van der Waals surface area contributed by atoms with Crippen LogP contribution in [0.5, 0.6) is 5.75 Å². The summed E-state index contributed by atoms with van der Waals surface area (Å²) in [4.78, 5) is 10.5. The van der Waals surface area contributed by atoms with Crippen LogP contribution in [0, 0.1) is 6.92 Å². The first-order valence-corrected chi connectivity index (χ1v) is 7.84. The van der Waals surface area contributed by atoms with E-state index in [2.05, 4.69) is 37.0 Å². The second-order valence-corrected chi connectivity index (χ2v) is 6.03. The Morgan fingerprint density at radius 1 is 1.41 bits per heavy atom. The van der Waals surface area contributed by atoms with Crippen LogP contribution in [-0.2, 0) is 11.4 Å². The van der Waals surface area contributed by atoms with E-state index in [1.165, 1.54) is 11.1 Å². The number of hydrogen-bond donors (Lipinski definition) is 1. The Labute approximate surface area is 132 Å². The zero-order valence-corrected chi connectivity index (χ0v) is 13.5. The van der Waals surface area contributed by atoms with Crippen LogP contribution in [0.25, 0.3) is 0 Å². The number of benzene rings is 1. The van der Waals surface area contributed by atoms with Gasteiger partial charge in [0.15, 0.2) is 6.61 Å². The van der Waals surface area contributed by atoms with E-state index in [1.54, 1.807) is 0 Å². The first kappa shape index (κ1) is 16.4. The van der Waals surface area contributed by atoms with E-state index < -0.39 is 5.97 Å². The largest absolute Gasteiger partial charge is 0.484 e. The molecule has 0 unspecified atom stereocenters. The molecule has 22 heavy (non-hydrogen) atoms. The minimum Gasteiger partial charge on any atom is -0.484 e. The molecular weight excluding hydrogens is 304 g/mol. The molecule has 0 radical (unpaired) electrons. The molecule has 0 aliphatic heterocycles. The van der Waals surface area contributed by atoms with E-state index in [0.29, 0.717) is 11.8 Å². The Morgan fingerprint density at radius 3 is 2.82 bits per heavy atom. The summed E-state index contributed by atoms with van der Waals surface area (Å²) in [6, 6.07) is 5.95. The fourth-order valence-corrected chi connectivity index (χ4v) is 2.51. The molecule has 0 spiro atoms. The van der Waals surface area contributed by atoms with E-state index in [-0.39, 0.29) is 17.6 Å². The van der Waals surface area contributed by atoms with Gasteiger partial charge in [-0.15, -0.1) is 10.2 Å². The lowest BCUT2D eigenvalue weighted by molar-refractivity contribution is -0.133. The molecule has 1 aromatic carbocycles. The number of carboxylic acid groups (broad SMARTS) is 1. The van der Waals surface area contributed by atoms with E-state index in [4.69, 9.17) is 14.3 Å². The van der Waals surface area contributed by atoms with Gasteiger partial charge in [0, 0.05) is 0 Å². The lowest BCUT2D eigenvalue weighted by Gasteiger charge is -2.11. The maximum absolute atomic E-state index is 10.5. The second kappa shape index (κ2) is 7.31. The topological polar surface area (TPSA) is 85.5 Å². The summed E-state index contributed by atoms with van der Waals surface area (Å²) in [7, 11) is 0. The predicted octanol–water partition coefficient (Wildman–Crippen LogP) is 3.26. The predicted molar refractivity (Wildman–Crippen MR) is 82.3 cm³/mol. The summed E-state index contributed by atoms with van der Waals surface area (Å²) in [5.74, 6) is 0.483. The van der Waals surface area contributed by atoms with Crippen molar-refractivity contribution in [2.45, 2.75) is 38.5 Å². The molecule has 0 aliphatic rings. The van der Waals surface area contributed by atoms with Crippen LogP contribution in [0.15, 0.2) is 27.8 Å². The molecule has 0 aliphatic carbocycles. The highest BCUT2D eigenvalue weighted by atomic mass is 32.2. The van der Waals surface area contributed by atoms with Gasteiger partial charge >= 0.3 is 5.97 Å². The molecule has 1 N–H and O–H groups in total. The highest BCUT2D eigenvalue weighted by Gasteiger charge is 2.10. The molecule has 1 aromatic heterocycles. The lowest BCUT2D eigenvalue weighted by Crippen LogP contribution is -1.98. The van der Waals surface area contributed by atoms with Crippen LogP contribution >= 0.6 is 11.8 Å². The van der Waals surface area contributed by atoms with Gasteiger partial charge in [-0.2, -0.15) is 0 Å². The van der Waals surface area contributed by atoms with Gasteiger partial charge in [-0.05, 0) is 36.1 Å². The number of rotatable bonds is 7. The molecule has 6 nitrogen and oxygen atoms in total. The van der Waals surface area contributed by atoms with Crippen molar-refractivity contribution in [2.75, 3.05) is 5.75 Å². The van der Waals surface area contributed by atoms with Crippen molar-refractivity contribution in [1.29, 1.82) is 0 Å². The third kappa shape index (κ3) is 4.49. The molecule has 118 valence electrons. The molecule has 0 amide bonds. The monoisotopic (exact) mass is 322 g/mol. The Hall–Kier alpha value is -2.02. The first-order chi connectivity index (χ1) is 10.5. The summed E-state index contributed by atoms with van der Waals surface area (Å²) in [5.41, 5.74) is 2.47. The number of aromatic nitrogens is 2. The summed E-state index contributed by atoms with van der Waals surface area (Å²) >= 11 is 0.983. The van der Waals surface area contributed by atoms with Gasteiger partial charge in [0.25, 0.3) is 11.1 Å². The summed E-state index contributed by atoms with van der Waals surface area (Å²) in [5, 5.41) is 16.4. The third-order valence-corrected chi connectivity index (χ3v) is 3.80. The number of aliphatic carboxylic acids is 1. The van der Waals surface area contributed by atoms with Crippen LogP contribution in [0.3, 0.4) is 0 Å². The van der Waals surface area contributed by atoms with Crippen molar-refractivity contribution in [3.05, 3.63) is 35.2 Å². The van der Waals surface area contributed by atoms with Gasteiger partial charge in [0.1, 0.15) is 11.5 Å². The highest BCUT2D eigenvalue weighted by Crippen LogP contribution is 2.24. The lowest BCUT2D eigenvalue weighted by atomic mass is 9.98. The van der Waals surface area contributed by atoms with Crippen LogP contribution < -0.4 is 4.74 Å². The molecular formula is C15H18N2O4S. The van der Waals surface area contributed by atoms with Crippen LogP contribution in [-0.4, -0.2) is 27.0 Å². The van der Waals surface area contributed by atoms with Crippen molar-refractivity contribution >= 4 is 17.7 Å². The molecule has 2 aromatic rings. The van der Waals surface area contributed by atoms with Gasteiger partial charge < -0.3 is 14.3 Å². The number of hydrogen-bond acceptors (Lipinski definition) is 6. The van der Waals surface area contributed by atoms with Gasteiger partial charge in [-0.1, -0.05) is 31.7 Å². The summed E-state index contributed by atoms with van der Waals surface area (Å²) in [6.07, 6.45) is 0. The van der Waals surface area contributed by atoms with E-state index in [0.717, 1.165) is 17.5 Å². The quantitative estimate of drug-likeness (QED) is 0.783. The normalized spacial score (nSPS) is 10.9. The second-order valence-electron chi connectivity index (χ2n) is 5.11. The number of nitrogens with zero attached hydrogens (tertiary/aromatic N) is 2. The number of carboxylic acids is 1. The SMILES string of the molecule is Cc1cc(OCc2nnc(SCC(=O)O)o2)ccc1C(C)C. The van der Waals surface area contributed by atoms with Gasteiger partial charge in [0.05, 0.1) is 0 Å². The highest BCUT2D eigenvalue weighted by molar-refractivity contribution is 7.99. The van der Waals surface area contributed by atoms with Crippen molar-refractivity contribution in [1.82, 2.24) is 10.2 Å². The average molecular weight is 322 g/mol. The van der Waals surface area contributed by atoms with Crippen molar-refractivity contribution in [3.8, 4) is 5.75 Å². The zero-order valence-electron chi connectivity index (χ0n) is 12.7. The molecule has 0 saturated carbocycles. The molecule has 2 rings (SSSR count). The molecule has 1 heterocycles. The molecule has 7 heteroatoms. The third-order valence-electron chi connectivity index (χ3n) is 2.99. The minimum atomic E-state index is -0.929. The average Bonchev–Trinajstić information content (AvgIpc) is 2.90. The van der Waals surface area contributed by atoms with Crippen LogP contribution in [0.2, 0.25) is 0 Å². The standard InChI is InChI=1S/C15H18N2O4S/c1-9(2)12-5-4-11(6-10(12)3)20-7-13-16-17-15(21-13)22-8-14(18)19/h4-6,9H,7-8H2,1-3H3,(H,18,19). The van der Waals surface area contributed by atoms with Gasteiger partial charge in [-0.3, -0.25) is 4.79 Å². The Morgan fingerprint density at radius 2 is 2.18 bits per heavy atom. The van der Waals surface area contributed by atoms with Crippen molar-refractivity contribution < 1.29 is 19.1 Å². The van der Waals surface area contributed by atoms with Crippen LogP contribution in [0.1, 0.15) is 36.8 Å². The van der Waals surface area contributed by atoms with Crippen molar-refractivity contribution in [2.24, 2.45) is 0 Å². The molecule has 0 atom stereocenters. The summed E-state index contributed by atoms with van der Waals surface area (Å²) < 4.78 is 10.9. The fraction of sp³-hybridized carbons (Fsp3) is 0.400. The maximum Gasteiger partial charge on any atom is 0.314 e. The Kier molecular flexibility index (Phi) is 5.43. The van der Waals surface area contributed by atoms with E-state index in [9.17, 15) is 4.79 Å². The van der Waals surface area contributed by atoms with Crippen LogP contribution in [0.4, 0.5) is 0 Å². The van der Waals surface area contributed by atoms with E-state index >= 15 is 0 Å². The van der Waals surface area contributed by atoms with Gasteiger partial charge in [-0.25, -0.2) is 0 Å².